The molecule has 0 aromatic rings. The van der Waals surface area contributed by atoms with E-state index in [1.807, 2.05) is 0 Å². The van der Waals surface area contributed by atoms with E-state index in [0.29, 0.717) is 6.61 Å². The zero-order chi connectivity index (χ0) is 14.2. The van der Waals surface area contributed by atoms with Gasteiger partial charge in [0.05, 0.1) is 25.4 Å². The van der Waals surface area contributed by atoms with Gasteiger partial charge in [0.15, 0.2) is 0 Å². The third kappa shape index (κ3) is 21.2. The lowest BCUT2D eigenvalue weighted by Gasteiger charge is -2.10. The van der Waals surface area contributed by atoms with Crippen molar-refractivity contribution in [3.8, 4) is 0 Å². The number of aliphatic hydroxyl groups is 2. The van der Waals surface area contributed by atoms with Crippen LogP contribution >= 0.6 is 0 Å². The van der Waals surface area contributed by atoms with Crippen LogP contribution in [0.1, 0.15) is 72.6 Å². The Morgan fingerprint density at radius 2 is 1.33 bits per heavy atom. The Hall–Kier alpha value is -0.120. The molecule has 2 unspecified atom stereocenters. The van der Waals surface area contributed by atoms with Crippen molar-refractivity contribution in [2.45, 2.75) is 84.8 Å². The maximum atomic E-state index is 8.69. The highest BCUT2D eigenvalue weighted by molar-refractivity contribution is 4.47. The molecule has 0 heterocycles. The van der Waals surface area contributed by atoms with Gasteiger partial charge in [0.1, 0.15) is 0 Å². The lowest BCUT2D eigenvalue weighted by molar-refractivity contribution is -0.0177. The molecule has 3 heteroatoms. The Morgan fingerprint density at radius 1 is 0.889 bits per heavy atom. The van der Waals surface area contributed by atoms with Crippen LogP contribution in [0.4, 0.5) is 0 Å². The second-order valence-corrected chi connectivity index (χ2v) is 4.94. The summed E-state index contributed by atoms with van der Waals surface area (Å²) in [5.74, 6) is 0. The summed E-state index contributed by atoms with van der Waals surface area (Å²) in [6.07, 6.45) is 9.36. The minimum Gasteiger partial charge on any atom is -0.394 e. The van der Waals surface area contributed by atoms with Crippen molar-refractivity contribution in [2.75, 3.05) is 13.2 Å². The Morgan fingerprint density at radius 3 is 1.67 bits per heavy atom. The highest BCUT2D eigenvalue weighted by Gasteiger charge is 2.00. The fraction of sp³-hybridized carbons (Fsp3) is 1.00. The van der Waals surface area contributed by atoms with E-state index in [1.165, 1.54) is 44.9 Å². The van der Waals surface area contributed by atoms with Crippen LogP contribution in [-0.2, 0) is 4.74 Å². The van der Waals surface area contributed by atoms with Gasteiger partial charge in [-0.05, 0) is 13.8 Å². The lowest BCUT2D eigenvalue weighted by atomic mass is 10.1. The summed E-state index contributed by atoms with van der Waals surface area (Å²) < 4.78 is 4.95. The summed E-state index contributed by atoms with van der Waals surface area (Å²) in [6.45, 7) is 8.22. The molecule has 18 heavy (non-hydrogen) atoms. The van der Waals surface area contributed by atoms with Crippen LogP contribution in [0.25, 0.3) is 0 Å². The van der Waals surface area contributed by atoms with Gasteiger partial charge in [0.2, 0.25) is 0 Å². The van der Waals surface area contributed by atoms with Crippen LogP contribution in [0.3, 0.4) is 0 Å². The van der Waals surface area contributed by atoms with Crippen LogP contribution in [0, 0.1) is 0 Å². The first-order valence-corrected chi connectivity index (χ1v) is 7.48. The van der Waals surface area contributed by atoms with E-state index in [4.69, 9.17) is 14.9 Å². The standard InChI is InChI=1S/C9H20.C6H14O3/c1-3-5-7-9-8-6-4-2;1-5(8)4-9-6(2)3-7/h3-9H2,1-2H3;5-8H,3-4H2,1-2H3. The summed E-state index contributed by atoms with van der Waals surface area (Å²) in [6, 6.07) is 0. The molecule has 0 fully saturated rings. The Balaban J connectivity index is 0. The third-order valence-electron chi connectivity index (χ3n) is 2.59. The van der Waals surface area contributed by atoms with Crippen molar-refractivity contribution in [3.63, 3.8) is 0 Å². The normalized spacial score (nSPS) is 13.7. The Bertz CT molecular complexity index is 132. The van der Waals surface area contributed by atoms with Crippen LogP contribution in [-0.4, -0.2) is 35.6 Å². The zero-order valence-electron chi connectivity index (χ0n) is 12.8. The van der Waals surface area contributed by atoms with Crippen LogP contribution < -0.4 is 0 Å². The summed E-state index contributed by atoms with van der Waals surface area (Å²) >= 11 is 0. The van der Waals surface area contributed by atoms with E-state index in [2.05, 4.69) is 13.8 Å². The maximum Gasteiger partial charge on any atom is 0.0779 e. The fourth-order valence-corrected chi connectivity index (χ4v) is 1.39. The number of hydrogen-bond acceptors (Lipinski definition) is 3. The van der Waals surface area contributed by atoms with Crippen molar-refractivity contribution in [2.24, 2.45) is 0 Å². The van der Waals surface area contributed by atoms with Crippen LogP contribution in [0.2, 0.25) is 0 Å². The van der Waals surface area contributed by atoms with Crippen molar-refractivity contribution in [3.05, 3.63) is 0 Å². The zero-order valence-corrected chi connectivity index (χ0v) is 12.8. The molecular weight excluding hydrogens is 228 g/mol. The summed E-state index contributed by atoms with van der Waals surface area (Å²) in [4.78, 5) is 0. The molecule has 0 aliphatic heterocycles. The third-order valence-corrected chi connectivity index (χ3v) is 2.59. The number of aliphatic hydroxyl groups excluding tert-OH is 2. The molecule has 3 nitrogen and oxygen atoms in total. The smallest absolute Gasteiger partial charge is 0.0779 e. The molecular formula is C15H34O3. The first-order chi connectivity index (χ1) is 8.58. The van der Waals surface area contributed by atoms with Crippen molar-refractivity contribution >= 4 is 0 Å². The fourth-order valence-electron chi connectivity index (χ4n) is 1.39. The van der Waals surface area contributed by atoms with E-state index in [0.717, 1.165) is 0 Å². The quantitative estimate of drug-likeness (QED) is 0.592. The average molecular weight is 262 g/mol. The number of unbranched alkanes of at least 4 members (excludes halogenated alkanes) is 6. The van der Waals surface area contributed by atoms with E-state index >= 15 is 0 Å². The van der Waals surface area contributed by atoms with Crippen molar-refractivity contribution in [1.29, 1.82) is 0 Å². The van der Waals surface area contributed by atoms with Gasteiger partial charge >= 0.3 is 0 Å². The van der Waals surface area contributed by atoms with Crippen molar-refractivity contribution < 1.29 is 14.9 Å². The first-order valence-electron chi connectivity index (χ1n) is 7.48. The molecule has 0 saturated carbocycles. The van der Waals surface area contributed by atoms with Gasteiger partial charge in [0, 0.05) is 0 Å². The average Bonchev–Trinajstić information content (AvgIpc) is 2.36. The van der Waals surface area contributed by atoms with E-state index in [1.54, 1.807) is 13.8 Å². The van der Waals surface area contributed by atoms with Gasteiger partial charge < -0.3 is 14.9 Å². The molecule has 112 valence electrons. The topological polar surface area (TPSA) is 49.7 Å². The maximum absolute atomic E-state index is 8.69. The predicted molar refractivity (Wildman–Crippen MR) is 77.8 cm³/mol. The van der Waals surface area contributed by atoms with Gasteiger partial charge in [-0.25, -0.2) is 0 Å². The summed E-state index contributed by atoms with van der Waals surface area (Å²) in [5, 5.41) is 17.1. The molecule has 0 aliphatic rings. The summed E-state index contributed by atoms with van der Waals surface area (Å²) in [7, 11) is 0. The predicted octanol–water partition coefficient (Wildman–Crippen LogP) is 3.52. The second-order valence-electron chi connectivity index (χ2n) is 4.94. The molecule has 2 atom stereocenters. The van der Waals surface area contributed by atoms with Crippen molar-refractivity contribution in [1.82, 2.24) is 0 Å². The first kappa shape index (κ1) is 20.2. The van der Waals surface area contributed by atoms with E-state index in [-0.39, 0.29) is 12.7 Å². The minimum atomic E-state index is -0.445. The SMILES string of the molecule is CC(O)COC(C)CO.CCCCCCCCC. The molecule has 0 spiro atoms. The summed E-state index contributed by atoms with van der Waals surface area (Å²) in [5.41, 5.74) is 0. The molecule has 2 N–H and O–H groups in total. The highest BCUT2D eigenvalue weighted by Crippen LogP contribution is 2.05. The number of hydrogen-bond donors (Lipinski definition) is 2. The van der Waals surface area contributed by atoms with Gasteiger partial charge in [0.25, 0.3) is 0 Å². The van der Waals surface area contributed by atoms with Gasteiger partial charge in [-0.3, -0.25) is 0 Å². The van der Waals surface area contributed by atoms with E-state index < -0.39 is 6.10 Å². The molecule has 0 aliphatic carbocycles. The second kappa shape index (κ2) is 16.9. The molecule has 0 saturated heterocycles. The van der Waals surface area contributed by atoms with Gasteiger partial charge in [-0.15, -0.1) is 0 Å². The monoisotopic (exact) mass is 262 g/mol. The van der Waals surface area contributed by atoms with Crippen LogP contribution in [0.15, 0.2) is 0 Å². The molecule has 0 amide bonds. The molecule has 0 rings (SSSR count). The van der Waals surface area contributed by atoms with Gasteiger partial charge in [-0.2, -0.15) is 0 Å². The largest absolute Gasteiger partial charge is 0.394 e. The number of rotatable bonds is 10. The highest BCUT2D eigenvalue weighted by atomic mass is 16.5. The Kier molecular flexibility index (Phi) is 18.9. The molecule has 0 bridgehead atoms. The molecule has 0 aromatic carbocycles. The Labute approximate surface area is 114 Å². The molecule has 0 aromatic heterocycles. The van der Waals surface area contributed by atoms with Gasteiger partial charge in [-0.1, -0.05) is 58.8 Å². The number of ether oxygens (including phenoxy) is 1. The van der Waals surface area contributed by atoms with E-state index in [9.17, 15) is 0 Å². The van der Waals surface area contributed by atoms with Crippen LogP contribution in [0.5, 0.6) is 0 Å². The lowest BCUT2D eigenvalue weighted by Crippen LogP contribution is -2.19. The minimum absolute atomic E-state index is 0.00667. The molecule has 0 radical (unpaired) electrons.